The van der Waals surface area contributed by atoms with Crippen molar-refractivity contribution in [2.45, 2.75) is 37.8 Å². The highest BCUT2D eigenvalue weighted by Gasteiger charge is 2.23. The maximum Gasteiger partial charge on any atom is 0.327 e. The van der Waals surface area contributed by atoms with Crippen molar-refractivity contribution >= 4 is 23.8 Å². The molecule has 162 valence electrons. The number of nitrogens with zero attached hydrogens (tertiary/aromatic N) is 2. The second-order valence-corrected chi connectivity index (χ2v) is 6.78. The molecule has 0 spiro atoms. The first-order valence-corrected chi connectivity index (χ1v) is 9.62. The molecule has 10 nitrogen and oxygen atoms in total. The molecule has 0 unspecified atom stereocenters. The largest absolute Gasteiger partial charge is 0.480 e. The molecule has 0 aromatic carbocycles. The van der Waals surface area contributed by atoms with Crippen LogP contribution < -0.4 is 10.6 Å². The second-order valence-electron chi connectivity index (χ2n) is 6.78. The summed E-state index contributed by atoms with van der Waals surface area (Å²) in [6.07, 6.45) is 7.23. The molecule has 0 saturated carbocycles. The van der Waals surface area contributed by atoms with Gasteiger partial charge in [0.1, 0.15) is 12.1 Å². The molecular formula is C20H26N4O6. The van der Waals surface area contributed by atoms with Gasteiger partial charge in [-0.1, -0.05) is 0 Å². The minimum absolute atomic E-state index is 0.170. The molecular weight excluding hydrogens is 392 g/mol. The van der Waals surface area contributed by atoms with Crippen LogP contribution in [0, 0.1) is 0 Å². The van der Waals surface area contributed by atoms with Crippen LogP contribution in [-0.4, -0.2) is 56.2 Å². The zero-order valence-corrected chi connectivity index (χ0v) is 16.4. The summed E-state index contributed by atoms with van der Waals surface area (Å²) in [5, 5.41) is 23.9. The van der Waals surface area contributed by atoms with E-state index in [1.54, 1.807) is 49.1 Å². The molecule has 0 bridgehead atoms. The van der Waals surface area contributed by atoms with Crippen LogP contribution in [0.1, 0.15) is 37.8 Å². The Balaban J connectivity index is 1.62. The Bertz CT molecular complexity index is 761. The van der Waals surface area contributed by atoms with Gasteiger partial charge in [-0.3, -0.25) is 9.59 Å². The van der Waals surface area contributed by atoms with E-state index in [2.05, 4.69) is 10.6 Å². The van der Waals surface area contributed by atoms with Crippen LogP contribution in [0.5, 0.6) is 0 Å². The highest BCUT2D eigenvalue weighted by Crippen LogP contribution is 2.13. The molecule has 0 fully saturated rings. The van der Waals surface area contributed by atoms with Crippen molar-refractivity contribution < 1.29 is 29.4 Å². The van der Waals surface area contributed by atoms with Gasteiger partial charge in [0.05, 0.1) is 12.8 Å². The minimum atomic E-state index is -1.08. The van der Waals surface area contributed by atoms with Crippen LogP contribution >= 0.6 is 0 Å². The zero-order chi connectivity index (χ0) is 21.9. The smallest absolute Gasteiger partial charge is 0.327 e. The number of unbranched alkanes of at least 4 members (excludes halogenated alkanes) is 1. The fraction of sp³-hybridized carbons (Fsp3) is 0.400. The summed E-state index contributed by atoms with van der Waals surface area (Å²) in [6.45, 7) is 0.710. The molecule has 2 aromatic heterocycles. The van der Waals surface area contributed by atoms with Crippen LogP contribution in [0.15, 0.2) is 49.1 Å². The molecule has 4 N–H and O–H groups in total. The Morgan fingerprint density at radius 2 is 1.00 bits per heavy atom. The fourth-order valence-corrected chi connectivity index (χ4v) is 2.95. The van der Waals surface area contributed by atoms with Crippen LogP contribution in [0.3, 0.4) is 0 Å². The lowest BCUT2D eigenvalue weighted by Gasteiger charge is -2.15. The molecule has 2 heterocycles. The number of nitrogens with one attached hydrogen (secondary N) is 2. The van der Waals surface area contributed by atoms with Gasteiger partial charge in [-0.15, -0.1) is 0 Å². The highest BCUT2D eigenvalue weighted by molar-refractivity contribution is 5.84. The third-order valence-electron chi connectivity index (χ3n) is 4.55. The quantitative estimate of drug-likeness (QED) is 0.358. The van der Waals surface area contributed by atoms with Crippen LogP contribution in [-0.2, 0) is 19.2 Å². The van der Waals surface area contributed by atoms with Crippen molar-refractivity contribution in [2.24, 2.45) is 0 Å². The van der Waals surface area contributed by atoms with Gasteiger partial charge in [0.15, 0.2) is 0 Å². The van der Waals surface area contributed by atoms with Gasteiger partial charge in [-0.05, 0) is 37.1 Å². The molecule has 0 aliphatic carbocycles. The molecule has 2 amide bonds. The summed E-state index contributed by atoms with van der Waals surface area (Å²) in [5.74, 6) is -2.89. The summed E-state index contributed by atoms with van der Waals surface area (Å²) < 4.78 is 2.94. The van der Waals surface area contributed by atoms with E-state index in [-0.39, 0.29) is 24.7 Å². The first-order valence-electron chi connectivity index (χ1n) is 9.62. The van der Waals surface area contributed by atoms with Crippen molar-refractivity contribution in [1.82, 2.24) is 19.8 Å². The lowest BCUT2D eigenvalue weighted by atomic mass is 10.2. The molecule has 0 aliphatic rings. The topological polar surface area (TPSA) is 143 Å². The molecule has 0 aliphatic heterocycles. The Morgan fingerprint density at radius 3 is 1.30 bits per heavy atom. The predicted molar refractivity (Wildman–Crippen MR) is 107 cm³/mol. The molecule has 2 rings (SSSR count). The summed E-state index contributed by atoms with van der Waals surface area (Å²) in [5.41, 5.74) is 0. The van der Waals surface area contributed by atoms with Crippen LogP contribution in [0.4, 0.5) is 0 Å². The van der Waals surface area contributed by atoms with E-state index in [9.17, 15) is 29.4 Å². The van der Waals surface area contributed by atoms with E-state index in [0.29, 0.717) is 25.9 Å². The first-order chi connectivity index (χ1) is 14.4. The number of rotatable bonds is 13. The number of amides is 2. The van der Waals surface area contributed by atoms with Gasteiger partial charge < -0.3 is 30.0 Å². The number of carbonyl (C=O) groups excluding carboxylic acids is 2. The Morgan fingerprint density at radius 1 is 0.667 bits per heavy atom. The number of carbonyl (C=O) groups is 4. The Hall–Kier alpha value is -3.56. The van der Waals surface area contributed by atoms with Gasteiger partial charge in [-0.25, -0.2) is 9.59 Å². The average Bonchev–Trinajstić information content (AvgIpc) is 3.40. The molecule has 0 radical (unpaired) electrons. The number of hydrogen-bond donors (Lipinski definition) is 4. The number of carboxylic acids is 2. The van der Waals surface area contributed by atoms with E-state index in [1.165, 1.54) is 9.13 Å². The standard InChI is InChI=1S/C20H26N4O6/c25-17(13-15(19(27)28)23-9-3-4-10-23)21-7-1-2-8-22-18(26)14-16(20(29)30)24-11-5-6-12-24/h3-6,9-12,15-16H,1-2,7-8,13-14H2,(H,21,25)(H,22,26)(H,27,28)(H,29,30)/t15-,16-/m0/s1. The first kappa shape index (κ1) is 22.7. The zero-order valence-electron chi connectivity index (χ0n) is 16.4. The second kappa shape index (κ2) is 11.4. The Labute approximate surface area is 173 Å². The number of carboxylic acid groups (broad SMARTS) is 2. The number of hydrogen-bond acceptors (Lipinski definition) is 4. The van der Waals surface area contributed by atoms with Crippen molar-refractivity contribution in [3.8, 4) is 0 Å². The van der Waals surface area contributed by atoms with E-state index in [4.69, 9.17) is 0 Å². The van der Waals surface area contributed by atoms with Crippen molar-refractivity contribution in [1.29, 1.82) is 0 Å². The van der Waals surface area contributed by atoms with Gasteiger partial charge >= 0.3 is 11.9 Å². The maximum absolute atomic E-state index is 12.0. The number of aliphatic carboxylic acids is 2. The molecule has 2 aromatic rings. The van der Waals surface area contributed by atoms with Crippen molar-refractivity contribution in [2.75, 3.05) is 13.1 Å². The van der Waals surface area contributed by atoms with E-state index in [1.807, 2.05) is 0 Å². The Kier molecular flexibility index (Phi) is 8.67. The van der Waals surface area contributed by atoms with Crippen LogP contribution in [0.25, 0.3) is 0 Å². The maximum atomic E-state index is 12.0. The SMILES string of the molecule is O=C(C[C@@H](C(=O)O)n1cccc1)NCCCCNC(=O)C[C@@H](C(=O)O)n1cccc1. The monoisotopic (exact) mass is 418 g/mol. The molecule has 0 saturated heterocycles. The van der Waals surface area contributed by atoms with Gasteiger partial charge in [0.25, 0.3) is 0 Å². The summed E-state index contributed by atoms with van der Waals surface area (Å²) in [7, 11) is 0. The molecule has 2 atom stereocenters. The molecule has 30 heavy (non-hydrogen) atoms. The van der Waals surface area contributed by atoms with Crippen molar-refractivity contribution in [3.63, 3.8) is 0 Å². The third-order valence-corrected chi connectivity index (χ3v) is 4.55. The normalized spacial score (nSPS) is 12.7. The van der Waals surface area contributed by atoms with Crippen LogP contribution in [0.2, 0.25) is 0 Å². The van der Waals surface area contributed by atoms with E-state index >= 15 is 0 Å². The number of aromatic nitrogens is 2. The van der Waals surface area contributed by atoms with E-state index in [0.717, 1.165) is 0 Å². The average molecular weight is 418 g/mol. The minimum Gasteiger partial charge on any atom is -0.480 e. The van der Waals surface area contributed by atoms with Gasteiger partial charge in [-0.2, -0.15) is 0 Å². The van der Waals surface area contributed by atoms with Gasteiger partial charge in [0, 0.05) is 37.9 Å². The lowest BCUT2D eigenvalue weighted by Crippen LogP contribution is -2.32. The highest BCUT2D eigenvalue weighted by atomic mass is 16.4. The summed E-state index contributed by atoms with van der Waals surface area (Å²) in [4.78, 5) is 46.6. The van der Waals surface area contributed by atoms with Crippen molar-refractivity contribution in [3.05, 3.63) is 49.1 Å². The fourth-order valence-electron chi connectivity index (χ4n) is 2.95. The summed E-state index contributed by atoms with van der Waals surface area (Å²) in [6, 6.07) is 4.86. The third kappa shape index (κ3) is 7.12. The lowest BCUT2D eigenvalue weighted by molar-refractivity contribution is -0.143. The van der Waals surface area contributed by atoms with Gasteiger partial charge in [0.2, 0.25) is 11.8 Å². The molecule has 10 heteroatoms. The van der Waals surface area contributed by atoms with E-state index < -0.39 is 24.0 Å². The predicted octanol–water partition coefficient (Wildman–Crippen LogP) is 1.03. The summed E-state index contributed by atoms with van der Waals surface area (Å²) >= 11 is 0.